The van der Waals surface area contributed by atoms with Gasteiger partial charge in [-0.3, -0.25) is 9.89 Å². The number of nitrogens with zero attached hydrogens (tertiary/aromatic N) is 3. The van der Waals surface area contributed by atoms with Crippen LogP contribution in [-0.2, 0) is 16.0 Å². The molecule has 1 aliphatic carbocycles. The molecule has 1 aliphatic rings. The van der Waals surface area contributed by atoms with E-state index in [1.807, 2.05) is 18.9 Å². The number of anilines is 2. The summed E-state index contributed by atoms with van der Waals surface area (Å²) in [5.74, 6) is -0.561. The Morgan fingerprint density at radius 1 is 1.32 bits per heavy atom. The molecule has 0 atom stereocenters. The molecule has 0 bridgehead atoms. The fraction of sp³-hybridized carbons (Fsp3) is 0.176. The second-order valence-corrected chi connectivity index (χ2v) is 5.34. The van der Waals surface area contributed by atoms with Crippen molar-refractivity contribution in [3.63, 3.8) is 0 Å². The Balaban J connectivity index is 0.00000109. The lowest BCUT2D eigenvalue weighted by atomic mass is 10.0. The van der Waals surface area contributed by atoms with Crippen LogP contribution in [0.4, 0.5) is 11.4 Å². The number of rotatable bonds is 4. The number of aromatic amines is 1. The quantitative estimate of drug-likeness (QED) is 0.440. The van der Waals surface area contributed by atoms with Gasteiger partial charge >= 0.3 is 0 Å². The minimum absolute atomic E-state index is 0.221. The highest BCUT2D eigenvalue weighted by Gasteiger charge is 2.21. The maximum atomic E-state index is 11.4. The average molecular weight is 340 g/mol. The van der Waals surface area contributed by atoms with Gasteiger partial charge in [0.25, 0.3) is 5.91 Å². The SMILES string of the molecule is C/C(=N\N(C1=CCCc2[nH]ncc21)c1ccc(N)cc1)C(N)=O.C=O. The number of primary amides is 1. The number of allylic oxidation sites excluding steroid dienone is 1. The zero-order chi connectivity index (χ0) is 18.4. The van der Waals surface area contributed by atoms with Gasteiger partial charge in [-0.1, -0.05) is 6.08 Å². The van der Waals surface area contributed by atoms with E-state index in [2.05, 4.69) is 21.4 Å². The standard InChI is InChI=1S/C16H18N6O.CH2O/c1-10(16(18)23)21-22(12-7-5-11(17)6-8-12)15-4-2-3-14-13(15)9-19-20-14;1-2/h4-9H,2-3,17H2,1H3,(H2,18,23)(H,19,20);1H2/b21-10+;. The monoisotopic (exact) mass is 340 g/mol. The van der Waals surface area contributed by atoms with E-state index in [4.69, 9.17) is 16.3 Å². The largest absolute Gasteiger partial charge is 0.399 e. The van der Waals surface area contributed by atoms with Crippen molar-refractivity contribution < 1.29 is 9.59 Å². The number of aryl methyl sites for hydroxylation is 1. The molecule has 0 radical (unpaired) electrons. The van der Waals surface area contributed by atoms with Gasteiger partial charge in [-0.15, -0.1) is 0 Å². The average Bonchev–Trinajstić information content (AvgIpc) is 3.11. The Morgan fingerprint density at radius 3 is 2.64 bits per heavy atom. The van der Waals surface area contributed by atoms with Crippen molar-refractivity contribution in [3.05, 3.63) is 47.8 Å². The van der Waals surface area contributed by atoms with Crippen molar-refractivity contribution >= 4 is 35.5 Å². The van der Waals surface area contributed by atoms with E-state index in [0.717, 1.165) is 35.5 Å². The Kier molecular flexibility index (Phi) is 5.67. The summed E-state index contributed by atoms with van der Waals surface area (Å²) in [4.78, 5) is 19.4. The summed E-state index contributed by atoms with van der Waals surface area (Å²) in [6, 6.07) is 7.28. The van der Waals surface area contributed by atoms with Crippen molar-refractivity contribution in [1.82, 2.24) is 10.2 Å². The third-order valence-electron chi connectivity index (χ3n) is 3.70. The van der Waals surface area contributed by atoms with Crippen molar-refractivity contribution in [2.45, 2.75) is 19.8 Å². The molecule has 2 aromatic rings. The van der Waals surface area contributed by atoms with Crippen molar-refractivity contribution in [2.75, 3.05) is 10.7 Å². The Hall–Kier alpha value is -3.42. The summed E-state index contributed by atoms with van der Waals surface area (Å²) < 4.78 is 0. The molecule has 1 aromatic carbocycles. The molecule has 8 nitrogen and oxygen atoms in total. The first-order valence-corrected chi connectivity index (χ1v) is 7.58. The molecular weight excluding hydrogens is 320 g/mol. The maximum absolute atomic E-state index is 11.4. The van der Waals surface area contributed by atoms with Crippen molar-refractivity contribution in [2.24, 2.45) is 10.8 Å². The van der Waals surface area contributed by atoms with Gasteiger partial charge in [0.2, 0.25) is 0 Å². The third kappa shape index (κ3) is 3.92. The van der Waals surface area contributed by atoms with Crippen LogP contribution >= 0.6 is 0 Å². The number of carbonyl (C=O) groups excluding carboxylic acids is 2. The molecule has 0 saturated carbocycles. The number of carbonyl (C=O) groups is 2. The number of nitrogen functional groups attached to an aromatic ring is 1. The molecule has 0 fully saturated rings. The van der Waals surface area contributed by atoms with Crippen LogP contribution in [0.25, 0.3) is 5.70 Å². The molecule has 5 N–H and O–H groups in total. The lowest BCUT2D eigenvalue weighted by Gasteiger charge is -2.25. The molecule has 1 aromatic heterocycles. The zero-order valence-electron chi connectivity index (χ0n) is 13.9. The van der Waals surface area contributed by atoms with Gasteiger partial charge in [0.15, 0.2) is 0 Å². The van der Waals surface area contributed by atoms with Gasteiger partial charge in [0, 0.05) is 16.9 Å². The number of H-pyrrole nitrogens is 1. The number of benzene rings is 1. The first-order chi connectivity index (χ1) is 12.1. The summed E-state index contributed by atoms with van der Waals surface area (Å²) >= 11 is 0. The normalized spacial score (nSPS) is 13.2. The molecule has 25 heavy (non-hydrogen) atoms. The fourth-order valence-electron chi connectivity index (χ4n) is 2.45. The van der Waals surface area contributed by atoms with E-state index in [1.165, 1.54) is 0 Å². The number of nitrogens with one attached hydrogen (secondary N) is 1. The van der Waals surface area contributed by atoms with Crippen LogP contribution in [0.3, 0.4) is 0 Å². The zero-order valence-corrected chi connectivity index (χ0v) is 13.9. The number of hydrazone groups is 1. The highest BCUT2D eigenvalue weighted by molar-refractivity contribution is 6.37. The number of fused-ring (bicyclic) bond motifs is 1. The number of hydrogen-bond donors (Lipinski definition) is 3. The van der Waals surface area contributed by atoms with Crippen LogP contribution in [0, 0.1) is 0 Å². The third-order valence-corrected chi connectivity index (χ3v) is 3.70. The van der Waals surface area contributed by atoms with Gasteiger partial charge in [-0.25, -0.2) is 5.01 Å². The van der Waals surface area contributed by atoms with Crippen molar-refractivity contribution in [1.29, 1.82) is 0 Å². The highest BCUT2D eigenvalue weighted by Crippen LogP contribution is 2.32. The van der Waals surface area contributed by atoms with Crippen LogP contribution in [0.15, 0.2) is 41.6 Å². The van der Waals surface area contributed by atoms with Gasteiger partial charge in [0.05, 0.1) is 17.6 Å². The summed E-state index contributed by atoms with van der Waals surface area (Å²) in [5, 5.41) is 13.2. The lowest BCUT2D eigenvalue weighted by Crippen LogP contribution is -2.26. The fourth-order valence-corrected chi connectivity index (χ4v) is 2.45. The summed E-state index contributed by atoms with van der Waals surface area (Å²) in [5.41, 5.74) is 15.6. The Morgan fingerprint density at radius 2 is 2.00 bits per heavy atom. The molecule has 8 heteroatoms. The van der Waals surface area contributed by atoms with Gasteiger partial charge in [-0.2, -0.15) is 10.2 Å². The first kappa shape index (κ1) is 17.9. The van der Waals surface area contributed by atoms with Gasteiger partial charge in [0.1, 0.15) is 12.5 Å². The second kappa shape index (κ2) is 7.91. The minimum Gasteiger partial charge on any atom is -0.399 e. The van der Waals surface area contributed by atoms with Crippen LogP contribution in [0.2, 0.25) is 0 Å². The smallest absolute Gasteiger partial charge is 0.264 e. The molecule has 130 valence electrons. The summed E-state index contributed by atoms with van der Waals surface area (Å²) in [6.45, 7) is 3.59. The summed E-state index contributed by atoms with van der Waals surface area (Å²) in [7, 11) is 0. The molecule has 1 amide bonds. The lowest BCUT2D eigenvalue weighted by molar-refractivity contribution is -0.112. The van der Waals surface area contributed by atoms with E-state index in [9.17, 15) is 4.79 Å². The number of amides is 1. The second-order valence-electron chi connectivity index (χ2n) is 5.34. The Labute approximate surface area is 145 Å². The minimum atomic E-state index is -0.561. The van der Waals surface area contributed by atoms with E-state index >= 15 is 0 Å². The molecular formula is C17H20N6O2. The van der Waals surface area contributed by atoms with E-state index in [1.54, 1.807) is 30.3 Å². The topological polar surface area (TPSA) is 130 Å². The van der Waals surface area contributed by atoms with Crippen LogP contribution < -0.4 is 16.5 Å². The highest BCUT2D eigenvalue weighted by atomic mass is 16.1. The molecule has 0 spiro atoms. The van der Waals surface area contributed by atoms with Gasteiger partial charge < -0.3 is 16.3 Å². The van der Waals surface area contributed by atoms with E-state index in [0.29, 0.717) is 5.69 Å². The number of aromatic nitrogens is 2. The van der Waals surface area contributed by atoms with Crippen LogP contribution in [0.5, 0.6) is 0 Å². The van der Waals surface area contributed by atoms with Gasteiger partial charge in [-0.05, 0) is 44.0 Å². The molecule has 0 saturated heterocycles. The van der Waals surface area contributed by atoms with Crippen LogP contribution in [0.1, 0.15) is 24.6 Å². The first-order valence-electron chi connectivity index (χ1n) is 7.58. The Bertz CT molecular complexity index is 807. The number of nitrogens with two attached hydrogens (primary N) is 2. The van der Waals surface area contributed by atoms with Crippen molar-refractivity contribution in [3.8, 4) is 0 Å². The molecule has 1 heterocycles. The van der Waals surface area contributed by atoms with E-state index in [-0.39, 0.29) is 5.71 Å². The maximum Gasteiger partial charge on any atom is 0.264 e. The van der Waals surface area contributed by atoms with E-state index < -0.39 is 5.91 Å². The number of hydrogen-bond acceptors (Lipinski definition) is 6. The predicted molar refractivity (Wildman–Crippen MR) is 97.6 cm³/mol. The van der Waals surface area contributed by atoms with Crippen LogP contribution in [-0.4, -0.2) is 28.6 Å². The predicted octanol–water partition coefficient (Wildman–Crippen LogP) is 1.46. The molecule has 0 unspecified atom stereocenters. The molecule has 0 aliphatic heterocycles. The summed E-state index contributed by atoms with van der Waals surface area (Å²) in [6.07, 6.45) is 5.60. The molecule has 3 rings (SSSR count).